The Morgan fingerprint density at radius 3 is 2.77 bits per heavy atom. The summed E-state index contributed by atoms with van der Waals surface area (Å²) >= 11 is 0. The molecule has 0 saturated heterocycles. The van der Waals surface area contributed by atoms with Crippen molar-refractivity contribution in [1.82, 2.24) is 10.2 Å². The van der Waals surface area contributed by atoms with Crippen LogP contribution in [0.1, 0.15) is 39.4 Å². The van der Waals surface area contributed by atoms with Crippen molar-refractivity contribution in [2.24, 2.45) is 0 Å². The zero-order valence-electron chi connectivity index (χ0n) is 17.8. The number of rotatable bonds is 8. The summed E-state index contributed by atoms with van der Waals surface area (Å²) in [5.74, 6) is 0.851. The molecule has 0 saturated carbocycles. The predicted molar refractivity (Wildman–Crippen MR) is 122 cm³/mol. The van der Waals surface area contributed by atoms with Gasteiger partial charge in [0, 0.05) is 31.1 Å². The highest BCUT2D eigenvalue weighted by Crippen LogP contribution is 2.19. The van der Waals surface area contributed by atoms with Gasteiger partial charge in [0.25, 0.3) is 5.91 Å². The van der Waals surface area contributed by atoms with Crippen LogP contribution < -0.4 is 5.32 Å². The number of amides is 1. The fourth-order valence-electron chi connectivity index (χ4n) is 3.88. The Hall–Kier alpha value is -2.70. The second-order valence-electron chi connectivity index (χ2n) is 7.98. The Balaban J connectivity index is 1.21. The van der Waals surface area contributed by atoms with Crippen molar-refractivity contribution in [1.29, 1.82) is 0 Å². The van der Waals surface area contributed by atoms with E-state index in [0.29, 0.717) is 12.3 Å². The van der Waals surface area contributed by atoms with Gasteiger partial charge in [0.05, 0.1) is 16.6 Å². The minimum atomic E-state index is -1.20. The molecule has 1 atom stereocenters. The van der Waals surface area contributed by atoms with Crippen LogP contribution in [0.2, 0.25) is 0 Å². The number of carbonyl (C=O) groups is 1. The van der Waals surface area contributed by atoms with Crippen molar-refractivity contribution in [3.63, 3.8) is 0 Å². The van der Waals surface area contributed by atoms with Crippen molar-refractivity contribution in [3.8, 4) is 0 Å². The van der Waals surface area contributed by atoms with E-state index in [2.05, 4.69) is 34.5 Å². The van der Waals surface area contributed by atoms with Gasteiger partial charge in [0.2, 0.25) is 0 Å². The molecule has 0 spiro atoms. The fraction of sp³-hybridized carbons (Fsp3) is 0.320. The largest absolute Gasteiger partial charge is 0.455 e. The fourth-order valence-corrected chi connectivity index (χ4v) is 5.01. The molecule has 3 aromatic rings. The summed E-state index contributed by atoms with van der Waals surface area (Å²) < 4.78 is 18.2. The number of hydrogen-bond donors (Lipinski definition) is 1. The van der Waals surface area contributed by atoms with Crippen molar-refractivity contribution >= 4 is 16.7 Å². The van der Waals surface area contributed by atoms with Gasteiger partial charge in [-0.15, -0.1) is 0 Å². The van der Waals surface area contributed by atoms with Gasteiger partial charge in [-0.05, 0) is 60.7 Å². The average Bonchev–Trinajstić information content (AvgIpc) is 3.25. The van der Waals surface area contributed by atoms with E-state index in [0.717, 1.165) is 42.9 Å². The van der Waals surface area contributed by atoms with Gasteiger partial charge in [0.1, 0.15) is 5.76 Å². The average molecular weight is 437 g/mol. The molecule has 0 unspecified atom stereocenters. The monoisotopic (exact) mass is 436 g/mol. The SMILES string of the molecule is Cc1cccc([S@](=O)Cc2ccc(C(=O)NCCCN3CCc4ccccc4C3)o2)c1. The van der Waals surface area contributed by atoms with Crippen LogP contribution in [0.3, 0.4) is 0 Å². The second kappa shape index (κ2) is 10.1. The Morgan fingerprint density at radius 1 is 1.10 bits per heavy atom. The molecular weight excluding hydrogens is 408 g/mol. The molecule has 31 heavy (non-hydrogen) atoms. The zero-order chi connectivity index (χ0) is 21.6. The number of nitrogens with zero attached hydrogens (tertiary/aromatic N) is 1. The number of fused-ring (bicyclic) bond motifs is 1. The minimum Gasteiger partial charge on any atom is -0.455 e. The molecule has 0 aliphatic carbocycles. The molecule has 2 heterocycles. The lowest BCUT2D eigenvalue weighted by Crippen LogP contribution is -2.33. The first kappa shape index (κ1) is 21.5. The van der Waals surface area contributed by atoms with Crippen LogP contribution in [0.4, 0.5) is 0 Å². The topological polar surface area (TPSA) is 62.6 Å². The van der Waals surface area contributed by atoms with Gasteiger partial charge in [-0.25, -0.2) is 0 Å². The van der Waals surface area contributed by atoms with E-state index in [1.54, 1.807) is 12.1 Å². The third-order valence-electron chi connectivity index (χ3n) is 5.56. The highest BCUT2D eigenvalue weighted by atomic mass is 32.2. The summed E-state index contributed by atoms with van der Waals surface area (Å²) in [6.07, 6.45) is 1.97. The van der Waals surface area contributed by atoms with Gasteiger partial charge in [-0.3, -0.25) is 13.9 Å². The molecule has 4 rings (SSSR count). The lowest BCUT2D eigenvalue weighted by Gasteiger charge is -2.28. The van der Waals surface area contributed by atoms with Gasteiger partial charge in [-0.1, -0.05) is 36.4 Å². The molecule has 1 aliphatic heterocycles. The van der Waals surface area contributed by atoms with E-state index in [4.69, 9.17) is 4.42 Å². The Labute approximate surface area is 185 Å². The molecule has 2 aromatic carbocycles. The summed E-state index contributed by atoms with van der Waals surface area (Å²) in [6.45, 7) is 5.56. The van der Waals surface area contributed by atoms with Crippen molar-refractivity contribution < 1.29 is 13.4 Å². The van der Waals surface area contributed by atoms with Crippen molar-refractivity contribution in [2.75, 3.05) is 19.6 Å². The maximum atomic E-state index is 12.5. The minimum absolute atomic E-state index is 0.225. The van der Waals surface area contributed by atoms with Gasteiger partial charge in [-0.2, -0.15) is 0 Å². The van der Waals surface area contributed by atoms with Crippen LogP contribution in [0.5, 0.6) is 0 Å². The number of nitrogens with one attached hydrogen (secondary N) is 1. The summed E-state index contributed by atoms with van der Waals surface area (Å²) in [6, 6.07) is 19.6. The smallest absolute Gasteiger partial charge is 0.286 e. The summed E-state index contributed by atoms with van der Waals surface area (Å²) in [4.78, 5) is 15.6. The molecular formula is C25H28N2O3S. The lowest BCUT2D eigenvalue weighted by molar-refractivity contribution is 0.0922. The highest BCUT2D eigenvalue weighted by Gasteiger charge is 2.16. The molecule has 5 nitrogen and oxygen atoms in total. The molecule has 162 valence electrons. The molecule has 1 aliphatic rings. The van der Waals surface area contributed by atoms with Gasteiger partial charge >= 0.3 is 0 Å². The first-order valence-corrected chi connectivity index (χ1v) is 12.0. The number of furan rings is 1. The number of carbonyl (C=O) groups excluding carboxylic acids is 1. The Morgan fingerprint density at radius 2 is 1.94 bits per heavy atom. The van der Waals surface area contributed by atoms with Crippen molar-refractivity contribution in [2.45, 2.75) is 37.0 Å². The Bertz CT molecular complexity index is 1080. The Kier molecular flexibility index (Phi) is 6.99. The van der Waals surface area contributed by atoms with E-state index < -0.39 is 10.8 Å². The normalized spacial score (nSPS) is 14.7. The number of hydrogen-bond acceptors (Lipinski definition) is 4. The number of benzene rings is 2. The van der Waals surface area contributed by atoms with E-state index in [1.165, 1.54) is 11.1 Å². The molecule has 0 fully saturated rings. The predicted octanol–water partition coefficient (Wildman–Crippen LogP) is 4.07. The van der Waals surface area contributed by atoms with E-state index >= 15 is 0 Å². The van der Waals surface area contributed by atoms with Crippen molar-refractivity contribution in [3.05, 3.63) is 88.9 Å². The molecule has 1 aromatic heterocycles. The lowest BCUT2D eigenvalue weighted by atomic mass is 10.00. The first-order chi connectivity index (χ1) is 15.1. The van der Waals surface area contributed by atoms with Crippen LogP contribution in [0.25, 0.3) is 0 Å². The van der Waals surface area contributed by atoms with E-state index in [-0.39, 0.29) is 17.4 Å². The molecule has 0 bridgehead atoms. The van der Waals surface area contributed by atoms with Crippen LogP contribution in [-0.2, 0) is 29.5 Å². The molecule has 1 N–H and O–H groups in total. The van der Waals surface area contributed by atoms with Gasteiger partial charge < -0.3 is 9.73 Å². The summed E-state index contributed by atoms with van der Waals surface area (Å²) in [5, 5.41) is 2.93. The van der Waals surface area contributed by atoms with Gasteiger partial charge in [0.15, 0.2) is 5.76 Å². The summed E-state index contributed by atoms with van der Waals surface area (Å²) in [7, 11) is -1.20. The van der Waals surface area contributed by atoms with Crippen LogP contribution in [0, 0.1) is 6.92 Å². The second-order valence-corrected chi connectivity index (χ2v) is 9.43. The van der Waals surface area contributed by atoms with Crippen LogP contribution in [-0.4, -0.2) is 34.7 Å². The first-order valence-electron chi connectivity index (χ1n) is 10.7. The van der Waals surface area contributed by atoms with Crippen LogP contribution >= 0.6 is 0 Å². The van der Waals surface area contributed by atoms with Crippen LogP contribution in [0.15, 0.2) is 70.0 Å². The van der Waals surface area contributed by atoms with E-state index in [1.807, 2.05) is 31.2 Å². The quantitative estimate of drug-likeness (QED) is 0.541. The third-order valence-corrected chi connectivity index (χ3v) is 6.88. The standard InChI is InChI=1S/C25H28N2O3S/c1-19-6-4-9-23(16-19)31(29)18-22-10-11-24(30-22)25(28)26-13-5-14-27-15-12-20-7-2-3-8-21(20)17-27/h2-4,6-11,16H,5,12-15,17-18H2,1H3,(H,26,28)/t31-/m1/s1. The zero-order valence-corrected chi connectivity index (χ0v) is 18.6. The summed E-state index contributed by atoms with van der Waals surface area (Å²) in [5.41, 5.74) is 3.92. The third kappa shape index (κ3) is 5.71. The van der Waals surface area contributed by atoms with E-state index in [9.17, 15) is 9.00 Å². The highest BCUT2D eigenvalue weighted by molar-refractivity contribution is 7.84. The molecule has 6 heteroatoms. The molecule has 0 radical (unpaired) electrons. The maximum Gasteiger partial charge on any atom is 0.286 e. The number of aryl methyl sites for hydroxylation is 1. The maximum absolute atomic E-state index is 12.5. The molecule has 1 amide bonds.